The van der Waals surface area contributed by atoms with Crippen LogP contribution in [0.3, 0.4) is 0 Å². The number of hydrogen-bond acceptors (Lipinski definition) is 6. The fourth-order valence-corrected chi connectivity index (χ4v) is 4.24. The molecule has 128 valence electrons. The van der Waals surface area contributed by atoms with Crippen molar-refractivity contribution in [3.05, 3.63) is 29.8 Å². The quantitative estimate of drug-likeness (QED) is 0.770. The van der Waals surface area contributed by atoms with E-state index in [0.717, 1.165) is 6.42 Å². The fraction of sp³-hybridized carbons (Fsp3) is 0.400. The van der Waals surface area contributed by atoms with E-state index >= 15 is 0 Å². The number of esters is 1. The first-order valence-electron chi connectivity index (χ1n) is 7.54. The van der Waals surface area contributed by atoms with E-state index in [2.05, 4.69) is 5.32 Å². The van der Waals surface area contributed by atoms with E-state index in [1.807, 2.05) is 0 Å². The predicted octanol–water partition coefficient (Wildman–Crippen LogP) is 0.0430. The van der Waals surface area contributed by atoms with Crippen LogP contribution >= 0.6 is 0 Å². The zero-order chi connectivity index (χ0) is 17.3. The summed E-state index contributed by atoms with van der Waals surface area (Å²) in [4.78, 5) is 35.9. The first kappa shape index (κ1) is 16.4. The van der Waals surface area contributed by atoms with Gasteiger partial charge in [0, 0.05) is 6.54 Å². The number of hydrogen-bond donors (Lipinski definition) is 1. The van der Waals surface area contributed by atoms with Gasteiger partial charge in [-0.15, -0.1) is 0 Å². The number of benzene rings is 1. The van der Waals surface area contributed by atoms with Gasteiger partial charge >= 0.3 is 5.97 Å². The Balaban J connectivity index is 1.73. The highest BCUT2D eigenvalue weighted by Crippen LogP contribution is 2.29. The average molecular weight is 352 g/mol. The van der Waals surface area contributed by atoms with Crippen LogP contribution in [-0.2, 0) is 24.3 Å². The molecule has 0 aliphatic carbocycles. The monoisotopic (exact) mass is 352 g/mol. The van der Waals surface area contributed by atoms with Crippen LogP contribution in [0.1, 0.15) is 29.6 Å². The van der Waals surface area contributed by atoms with E-state index in [1.54, 1.807) is 6.07 Å². The topological polar surface area (TPSA) is 110 Å². The zero-order valence-electron chi connectivity index (χ0n) is 12.7. The number of rotatable bonds is 3. The van der Waals surface area contributed by atoms with Crippen LogP contribution in [0.4, 0.5) is 0 Å². The van der Waals surface area contributed by atoms with Crippen LogP contribution in [0.25, 0.3) is 0 Å². The molecule has 1 N–H and O–H groups in total. The molecule has 9 heteroatoms. The Labute approximate surface area is 138 Å². The van der Waals surface area contributed by atoms with Crippen LogP contribution < -0.4 is 5.32 Å². The van der Waals surface area contributed by atoms with Crippen molar-refractivity contribution in [3.63, 3.8) is 0 Å². The fourth-order valence-electron chi connectivity index (χ4n) is 2.72. The number of nitrogens with one attached hydrogen (secondary N) is 1. The van der Waals surface area contributed by atoms with E-state index in [0.29, 0.717) is 23.7 Å². The van der Waals surface area contributed by atoms with E-state index in [9.17, 15) is 22.8 Å². The van der Waals surface area contributed by atoms with Crippen LogP contribution in [0, 0.1) is 0 Å². The normalized spacial score (nSPS) is 22.5. The van der Waals surface area contributed by atoms with Gasteiger partial charge in [-0.05, 0) is 31.4 Å². The molecule has 24 heavy (non-hydrogen) atoms. The SMILES string of the molecule is O=C(CN1C(=O)c2ccccc2S1(=O)=O)OC1CCCCNC1=O. The first-order valence-corrected chi connectivity index (χ1v) is 8.98. The third-order valence-electron chi connectivity index (χ3n) is 3.94. The minimum absolute atomic E-state index is 0.0255. The van der Waals surface area contributed by atoms with E-state index in [4.69, 9.17) is 4.74 Å². The highest BCUT2D eigenvalue weighted by atomic mass is 32.2. The summed E-state index contributed by atoms with van der Waals surface area (Å²) in [6, 6.07) is 5.75. The summed E-state index contributed by atoms with van der Waals surface area (Å²) in [5, 5.41) is 2.62. The molecule has 2 aliphatic heterocycles. The summed E-state index contributed by atoms with van der Waals surface area (Å²) in [5.74, 6) is -2.10. The van der Waals surface area contributed by atoms with E-state index in [1.165, 1.54) is 18.2 Å². The molecule has 0 aromatic heterocycles. The van der Waals surface area contributed by atoms with Crippen LogP contribution in [-0.4, -0.2) is 49.7 Å². The van der Waals surface area contributed by atoms with Crippen molar-refractivity contribution >= 4 is 27.8 Å². The molecule has 0 saturated carbocycles. The maximum atomic E-state index is 12.4. The number of ether oxygens (including phenoxy) is 1. The van der Waals surface area contributed by atoms with Gasteiger partial charge in [-0.2, -0.15) is 0 Å². The Morgan fingerprint density at radius 3 is 2.75 bits per heavy atom. The number of amides is 2. The number of carbonyl (C=O) groups excluding carboxylic acids is 3. The van der Waals surface area contributed by atoms with Crippen molar-refractivity contribution in [1.29, 1.82) is 0 Å². The summed E-state index contributed by atoms with van der Waals surface area (Å²) in [7, 11) is -4.07. The first-order chi connectivity index (χ1) is 11.4. The smallest absolute Gasteiger partial charge is 0.327 e. The van der Waals surface area contributed by atoms with Gasteiger partial charge in [0.2, 0.25) is 0 Å². The van der Waals surface area contributed by atoms with Gasteiger partial charge in [-0.1, -0.05) is 12.1 Å². The van der Waals surface area contributed by atoms with Gasteiger partial charge in [0.1, 0.15) is 11.4 Å². The van der Waals surface area contributed by atoms with Crippen molar-refractivity contribution in [3.8, 4) is 0 Å². The standard InChI is InChI=1S/C15H16N2O6S/c18-13(23-11-6-3-4-8-16-14(11)19)9-17-15(20)10-5-1-2-7-12(10)24(17,21)22/h1-2,5,7,11H,3-4,6,8-9H2,(H,16,19). The number of carbonyl (C=O) groups is 3. The molecule has 2 aliphatic rings. The molecule has 2 heterocycles. The van der Waals surface area contributed by atoms with E-state index < -0.39 is 40.5 Å². The highest BCUT2D eigenvalue weighted by molar-refractivity contribution is 7.90. The molecule has 8 nitrogen and oxygen atoms in total. The number of nitrogens with zero attached hydrogens (tertiary/aromatic N) is 1. The molecule has 1 saturated heterocycles. The Kier molecular flexibility index (Phi) is 4.27. The second-order valence-corrected chi connectivity index (χ2v) is 7.41. The minimum Gasteiger partial charge on any atom is -0.451 e. The van der Waals surface area contributed by atoms with Gasteiger partial charge in [0.25, 0.3) is 21.8 Å². The summed E-state index contributed by atoms with van der Waals surface area (Å²) < 4.78 is 30.3. The second-order valence-electron chi connectivity index (χ2n) is 5.58. The summed E-state index contributed by atoms with van der Waals surface area (Å²) >= 11 is 0. The summed E-state index contributed by atoms with van der Waals surface area (Å²) in [6.45, 7) is -0.235. The lowest BCUT2D eigenvalue weighted by Gasteiger charge is -2.18. The maximum Gasteiger partial charge on any atom is 0.327 e. The summed E-state index contributed by atoms with van der Waals surface area (Å²) in [6.07, 6.45) is 0.915. The third-order valence-corrected chi connectivity index (χ3v) is 5.73. The number of sulfonamides is 1. The van der Waals surface area contributed by atoms with Crippen LogP contribution in [0.2, 0.25) is 0 Å². The molecule has 0 spiro atoms. The van der Waals surface area contributed by atoms with Crippen molar-refractivity contribution < 1.29 is 27.5 Å². The molecule has 1 aromatic carbocycles. The number of fused-ring (bicyclic) bond motifs is 1. The van der Waals surface area contributed by atoms with Crippen molar-refractivity contribution in [2.24, 2.45) is 0 Å². The molecular formula is C15H16N2O6S. The summed E-state index contributed by atoms with van der Waals surface area (Å²) in [5.41, 5.74) is 0.0255. The molecule has 0 radical (unpaired) electrons. The zero-order valence-corrected chi connectivity index (χ0v) is 13.5. The van der Waals surface area contributed by atoms with Gasteiger partial charge in [0.15, 0.2) is 6.10 Å². The van der Waals surface area contributed by atoms with Crippen molar-refractivity contribution in [1.82, 2.24) is 9.62 Å². The second kappa shape index (κ2) is 6.23. The van der Waals surface area contributed by atoms with Gasteiger partial charge in [0.05, 0.1) is 5.56 Å². The van der Waals surface area contributed by atoms with Crippen molar-refractivity contribution in [2.75, 3.05) is 13.1 Å². The Morgan fingerprint density at radius 1 is 1.25 bits per heavy atom. The van der Waals surface area contributed by atoms with Crippen LogP contribution in [0.15, 0.2) is 29.2 Å². The lowest BCUT2D eigenvalue weighted by Crippen LogP contribution is -2.40. The van der Waals surface area contributed by atoms with Crippen LogP contribution in [0.5, 0.6) is 0 Å². The predicted molar refractivity (Wildman–Crippen MR) is 81.4 cm³/mol. The van der Waals surface area contributed by atoms with E-state index in [-0.39, 0.29) is 10.5 Å². The molecule has 1 aromatic rings. The highest BCUT2D eigenvalue weighted by Gasteiger charge is 2.42. The van der Waals surface area contributed by atoms with Gasteiger partial charge in [-0.3, -0.25) is 14.4 Å². The molecule has 1 fully saturated rings. The molecule has 1 atom stereocenters. The lowest BCUT2D eigenvalue weighted by atomic mass is 10.2. The third kappa shape index (κ3) is 2.86. The van der Waals surface area contributed by atoms with Gasteiger partial charge in [-0.25, -0.2) is 12.7 Å². The molecule has 2 amide bonds. The maximum absolute atomic E-state index is 12.4. The lowest BCUT2D eigenvalue weighted by molar-refractivity contribution is -0.155. The molecular weight excluding hydrogens is 336 g/mol. The molecule has 0 bridgehead atoms. The average Bonchev–Trinajstić information content (AvgIpc) is 2.70. The Hall–Kier alpha value is -2.42. The van der Waals surface area contributed by atoms with Gasteiger partial charge < -0.3 is 10.1 Å². The largest absolute Gasteiger partial charge is 0.451 e. The molecule has 3 rings (SSSR count). The Morgan fingerprint density at radius 2 is 2.00 bits per heavy atom. The van der Waals surface area contributed by atoms with Crippen molar-refractivity contribution in [2.45, 2.75) is 30.3 Å². The minimum atomic E-state index is -4.07. The Bertz CT molecular complexity index is 804. The molecule has 1 unspecified atom stereocenters.